The molecule has 0 aliphatic rings. The van der Waals surface area contributed by atoms with Crippen LogP contribution in [0.3, 0.4) is 0 Å². The molecule has 0 aliphatic carbocycles. The fourth-order valence-corrected chi connectivity index (χ4v) is 2.31. The average molecular weight is 332 g/mol. The number of amides is 1. The quantitative estimate of drug-likeness (QED) is 0.572. The molecule has 1 amide bonds. The van der Waals surface area contributed by atoms with Gasteiger partial charge in [-0.15, -0.1) is 0 Å². The molecule has 1 aromatic carbocycles. The van der Waals surface area contributed by atoms with E-state index in [1.165, 1.54) is 19.4 Å². The van der Waals surface area contributed by atoms with E-state index in [1.807, 2.05) is 30.3 Å². The Kier molecular flexibility index (Phi) is 4.52. The number of aromatic nitrogens is 3. The third kappa shape index (κ3) is 3.23. The van der Waals surface area contributed by atoms with Crippen molar-refractivity contribution in [3.63, 3.8) is 0 Å². The van der Waals surface area contributed by atoms with Crippen molar-refractivity contribution in [1.29, 1.82) is 0 Å². The van der Waals surface area contributed by atoms with Gasteiger partial charge in [-0.1, -0.05) is 49.6 Å². The molecule has 0 unspecified atom stereocenters. The molecule has 0 aliphatic heterocycles. The first-order valence-electron chi connectivity index (χ1n) is 7.52. The van der Waals surface area contributed by atoms with Crippen molar-refractivity contribution in [2.75, 3.05) is 12.4 Å². The topological polar surface area (TPSA) is 77.0 Å². The normalized spacial score (nSPS) is 10.3. The third-order valence-electron chi connectivity index (χ3n) is 3.60. The molecule has 2 aromatic heterocycles. The van der Waals surface area contributed by atoms with Crippen molar-refractivity contribution in [3.8, 4) is 17.0 Å². The Bertz CT molecular complexity index is 968. The van der Waals surface area contributed by atoms with Crippen molar-refractivity contribution >= 4 is 22.8 Å². The lowest BCUT2D eigenvalue weighted by molar-refractivity contribution is -0.112. The highest BCUT2D eigenvalue weighted by Crippen LogP contribution is 2.30. The summed E-state index contributed by atoms with van der Waals surface area (Å²) in [6.07, 6.45) is 4.56. The van der Waals surface area contributed by atoms with Gasteiger partial charge in [0.25, 0.3) is 5.91 Å². The number of rotatable bonds is 5. The SMILES string of the molecule is C=CC(=C)C(=O)Nc1cnc2c(-c3ccccc3)cnc(OC)c2n1. The first-order chi connectivity index (χ1) is 12.1. The summed E-state index contributed by atoms with van der Waals surface area (Å²) < 4.78 is 5.29. The molecule has 0 spiro atoms. The van der Waals surface area contributed by atoms with Gasteiger partial charge in [-0.25, -0.2) is 15.0 Å². The number of nitrogens with one attached hydrogen (secondary N) is 1. The van der Waals surface area contributed by atoms with Crippen molar-refractivity contribution in [2.24, 2.45) is 0 Å². The van der Waals surface area contributed by atoms with Crippen LogP contribution in [0.1, 0.15) is 0 Å². The van der Waals surface area contributed by atoms with Crippen molar-refractivity contribution in [2.45, 2.75) is 0 Å². The molecule has 0 bridgehead atoms. The lowest BCUT2D eigenvalue weighted by atomic mass is 10.1. The predicted octanol–water partition coefficient (Wildman–Crippen LogP) is 3.38. The van der Waals surface area contributed by atoms with Crippen LogP contribution >= 0.6 is 0 Å². The molecule has 6 nitrogen and oxygen atoms in total. The van der Waals surface area contributed by atoms with Gasteiger partial charge in [0.1, 0.15) is 5.52 Å². The number of fused-ring (bicyclic) bond motifs is 1. The fraction of sp³-hybridized carbons (Fsp3) is 0.0526. The second-order valence-electron chi connectivity index (χ2n) is 5.18. The minimum Gasteiger partial charge on any atom is -0.479 e. The summed E-state index contributed by atoms with van der Waals surface area (Å²) in [5, 5.41) is 2.63. The molecule has 1 N–H and O–H groups in total. The molecule has 0 fully saturated rings. The number of anilines is 1. The van der Waals surface area contributed by atoms with Gasteiger partial charge in [0.05, 0.1) is 13.3 Å². The van der Waals surface area contributed by atoms with Crippen molar-refractivity contribution < 1.29 is 9.53 Å². The Morgan fingerprint density at radius 2 is 1.92 bits per heavy atom. The van der Waals surface area contributed by atoms with E-state index >= 15 is 0 Å². The number of carbonyl (C=O) groups excluding carboxylic acids is 1. The van der Waals surface area contributed by atoms with Gasteiger partial charge in [-0.3, -0.25) is 4.79 Å². The maximum Gasteiger partial charge on any atom is 0.256 e. The number of methoxy groups -OCH3 is 1. The van der Waals surface area contributed by atoms with Crippen LogP contribution < -0.4 is 10.1 Å². The van der Waals surface area contributed by atoms with E-state index in [-0.39, 0.29) is 11.4 Å². The highest BCUT2D eigenvalue weighted by atomic mass is 16.5. The minimum atomic E-state index is -0.394. The first-order valence-corrected chi connectivity index (χ1v) is 7.52. The zero-order valence-electron chi connectivity index (χ0n) is 13.7. The largest absolute Gasteiger partial charge is 0.479 e. The lowest BCUT2D eigenvalue weighted by Crippen LogP contribution is -2.14. The van der Waals surface area contributed by atoms with Crippen LogP contribution in [0, 0.1) is 0 Å². The van der Waals surface area contributed by atoms with E-state index in [1.54, 1.807) is 6.20 Å². The van der Waals surface area contributed by atoms with E-state index in [2.05, 4.69) is 33.4 Å². The van der Waals surface area contributed by atoms with Crippen LogP contribution in [0.25, 0.3) is 22.2 Å². The third-order valence-corrected chi connectivity index (χ3v) is 3.60. The molecule has 25 heavy (non-hydrogen) atoms. The molecule has 124 valence electrons. The van der Waals surface area contributed by atoms with E-state index in [4.69, 9.17) is 4.74 Å². The molecular weight excluding hydrogens is 316 g/mol. The molecule has 2 heterocycles. The number of nitrogens with zero attached hydrogens (tertiary/aromatic N) is 3. The first kappa shape index (κ1) is 16.3. The number of pyridine rings is 1. The molecule has 3 rings (SSSR count). The lowest BCUT2D eigenvalue weighted by Gasteiger charge is -2.10. The summed E-state index contributed by atoms with van der Waals surface area (Å²) >= 11 is 0. The van der Waals surface area contributed by atoms with E-state index < -0.39 is 5.91 Å². The van der Waals surface area contributed by atoms with Crippen LogP contribution in [0.5, 0.6) is 5.88 Å². The highest BCUT2D eigenvalue weighted by Gasteiger charge is 2.14. The highest BCUT2D eigenvalue weighted by molar-refractivity contribution is 6.05. The molecule has 3 aromatic rings. The van der Waals surface area contributed by atoms with Crippen molar-refractivity contribution in [3.05, 3.63) is 67.5 Å². The van der Waals surface area contributed by atoms with E-state index in [0.717, 1.165) is 11.1 Å². The van der Waals surface area contributed by atoms with Gasteiger partial charge in [0, 0.05) is 17.3 Å². The zero-order valence-corrected chi connectivity index (χ0v) is 13.7. The maximum atomic E-state index is 11.9. The predicted molar refractivity (Wildman–Crippen MR) is 97.3 cm³/mol. The van der Waals surface area contributed by atoms with Gasteiger partial charge < -0.3 is 10.1 Å². The summed E-state index contributed by atoms with van der Waals surface area (Å²) in [6.45, 7) is 7.12. The number of ether oxygens (including phenoxy) is 1. The van der Waals surface area contributed by atoms with E-state index in [0.29, 0.717) is 16.9 Å². The van der Waals surface area contributed by atoms with Gasteiger partial charge in [-0.05, 0) is 5.56 Å². The van der Waals surface area contributed by atoms with Gasteiger partial charge in [0.15, 0.2) is 11.3 Å². The van der Waals surface area contributed by atoms with Crippen LogP contribution in [-0.2, 0) is 4.79 Å². The Labute approximate surface area is 144 Å². The molecular formula is C19H16N4O2. The summed E-state index contributed by atoms with van der Waals surface area (Å²) in [7, 11) is 1.51. The number of benzene rings is 1. The van der Waals surface area contributed by atoms with E-state index in [9.17, 15) is 4.79 Å². The minimum absolute atomic E-state index is 0.241. The van der Waals surface area contributed by atoms with Crippen molar-refractivity contribution in [1.82, 2.24) is 15.0 Å². The van der Waals surface area contributed by atoms with Crippen LogP contribution in [0.2, 0.25) is 0 Å². The summed E-state index contributed by atoms with van der Waals surface area (Å²) in [5.74, 6) is 0.224. The van der Waals surface area contributed by atoms with Gasteiger partial charge in [0.2, 0.25) is 5.88 Å². The molecule has 0 atom stereocenters. The summed E-state index contributed by atoms with van der Waals surface area (Å²) in [6, 6.07) is 9.75. The monoisotopic (exact) mass is 332 g/mol. The smallest absolute Gasteiger partial charge is 0.256 e. The van der Waals surface area contributed by atoms with Gasteiger partial charge >= 0.3 is 0 Å². The number of hydrogen-bond acceptors (Lipinski definition) is 5. The Morgan fingerprint density at radius 3 is 2.60 bits per heavy atom. The molecule has 6 heteroatoms. The van der Waals surface area contributed by atoms with Crippen LogP contribution in [-0.4, -0.2) is 28.0 Å². The molecule has 0 saturated carbocycles. The number of carbonyl (C=O) groups is 1. The second kappa shape index (κ2) is 6.92. The molecule has 0 radical (unpaired) electrons. The Balaban J connectivity index is 2.11. The molecule has 0 saturated heterocycles. The fourth-order valence-electron chi connectivity index (χ4n) is 2.31. The number of hydrogen-bond donors (Lipinski definition) is 1. The average Bonchev–Trinajstić information content (AvgIpc) is 2.67. The van der Waals surface area contributed by atoms with Crippen LogP contribution in [0.4, 0.5) is 5.82 Å². The van der Waals surface area contributed by atoms with Crippen LogP contribution in [0.15, 0.2) is 67.5 Å². The Morgan fingerprint density at radius 1 is 1.16 bits per heavy atom. The maximum absolute atomic E-state index is 11.9. The Hall–Kier alpha value is -3.54. The zero-order chi connectivity index (χ0) is 17.8. The standard InChI is InChI=1S/C19H16N4O2/c1-4-12(2)18(24)23-15-11-20-16-14(13-8-6-5-7-9-13)10-21-19(25-3)17(16)22-15/h4-11H,1-2H2,3H3,(H,22,23,24). The second-order valence-corrected chi connectivity index (χ2v) is 5.18. The summed E-state index contributed by atoms with van der Waals surface area (Å²) in [5.41, 5.74) is 3.14. The van der Waals surface area contributed by atoms with Gasteiger partial charge in [-0.2, -0.15) is 0 Å². The summed E-state index contributed by atoms with van der Waals surface area (Å²) in [4.78, 5) is 25.1.